The highest BCUT2D eigenvalue weighted by Gasteiger charge is 2.35. The van der Waals surface area contributed by atoms with Crippen molar-refractivity contribution in [3.63, 3.8) is 0 Å². The van der Waals surface area contributed by atoms with Crippen molar-refractivity contribution in [2.45, 2.75) is 23.8 Å². The van der Waals surface area contributed by atoms with Crippen LogP contribution >= 0.6 is 28.3 Å². The zero-order valence-corrected chi connectivity index (χ0v) is 13.3. The Morgan fingerprint density at radius 3 is 2.74 bits per heavy atom. The molecule has 108 valence electrons. The Morgan fingerprint density at radius 2 is 2.16 bits per heavy atom. The SMILES string of the molecule is Cl.NCC1CCCN1S(=O)(=O)c1ccc(Br)cc1F. The van der Waals surface area contributed by atoms with E-state index in [2.05, 4.69) is 15.9 Å². The van der Waals surface area contributed by atoms with Crippen LogP contribution in [0.3, 0.4) is 0 Å². The van der Waals surface area contributed by atoms with E-state index in [-0.39, 0.29) is 29.9 Å². The number of benzene rings is 1. The standard InChI is InChI=1S/C11H14BrFN2O2S.ClH/c12-8-3-4-11(10(13)6-8)18(16,17)15-5-1-2-9(15)7-14;/h3-4,6,9H,1-2,5,7,14H2;1H. The van der Waals surface area contributed by atoms with Crippen molar-refractivity contribution in [2.75, 3.05) is 13.1 Å². The number of hydrogen-bond donors (Lipinski definition) is 1. The van der Waals surface area contributed by atoms with E-state index in [1.54, 1.807) is 0 Å². The van der Waals surface area contributed by atoms with Crippen molar-refractivity contribution < 1.29 is 12.8 Å². The molecule has 1 saturated heterocycles. The Bertz CT molecular complexity index is 556. The molecular formula is C11H15BrClFN2O2S. The summed E-state index contributed by atoms with van der Waals surface area (Å²) in [6.45, 7) is 0.664. The third-order valence-electron chi connectivity index (χ3n) is 3.08. The minimum absolute atomic E-state index is 0. The normalized spacial score (nSPS) is 20.3. The predicted molar refractivity (Wildman–Crippen MR) is 77.3 cm³/mol. The van der Waals surface area contributed by atoms with Crippen LogP contribution in [-0.2, 0) is 10.0 Å². The van der Waals surface area contributed by atoms with Gasteiger partial charge in [0.25, 0.3) is 0 Å². The lowest BCUT2D eigenvalue weighted by atomic mass is 10.2. The third kappa shape index (κ3) is 3.28. The van der Waals surface area contributed by atoms with Gasteiger partial charge >= 0.3 is 0 Å². The average Bonchev–Trinajstić information content (AvgIpc) is 2.76. The molecule has 0 aromatic heterocycles. The van der Waals surface area contributed by atoms with E-state index in [0.29, 0.717) is 11.0 Å². The molecule has 0 amide bonds. The Morgan fingerprint density at radius 1 is 1.47 bits per heavy atom. The molecule has 8 heteroatoms. The van der Waals surface area contributed by atoms with E-state index in [9.17, 15) is 12.8 Å². The summed E-state index contributed by atoms with van der Waals surface area (Å²) in [5.74, 6) is -0.743. The van der Waals surface area contributed by atoms with Gasteiger partial charge in [0, 0.05) is 23.6 Å². The van der Waals surface area contributed by atoms with E-state index in [1.165, 1.54) is 16.4 Å². The van der Waals surface area contributed by atoms with Gasteiger partial charge in [-0.2, -0.15) is 4.31 Å². The molecule has 0 aliphatic carbocycles. The summed E-state index contributed by atoms with van der Waals surface area (Å²) in [5.41, 5.74) is 5.55. The summed E-state index contributed by atoms with van der Waals surface area (Å²) in [6.07, 6.45) is 1.49. The van der Waals surface area contributed by atoms with Crippen LogP contribution in [-0.4, -0.2) is 31.9 Å². The van der Waals surface area contributed by atoms with Gasteiger partial charge in [0.2, 0.25) is 10.0 Å². The first-order valence-corrected chi connectivity index (χ1v) is 7.87. The Balaban J connectivity index is 0.00000180. The highest BCUT2D eigenvalue weighted by Crippen LogP contribution is 2.28. The van der Waals surface area contributed by atoms with Gasteiger partial charge in [0.05, 0.1) is 0 Å². The van der Waals surface area contributed by atoms with Crippen molar-refractivity contribution in [1.82, 2.24) is 4.31 Å². The molecule has 1 aromatic rings. The lowest BCUT2D eigenvalue weighted by Gasteiger charge is -2.23. The summed E-state index contributed by atoms with van der Waals surface area (Å²) in [6, 6.07) is 3.72. The summed E-state index contributed by atoms with van der Waals surface area (Å²) in [5, 5.41) is 0. The van der Waals surface area contributed by atoms with Gasteiger partial charge in [-0.25, -0.2) is 12.8 Å². The fraction of sp³-hybridized carbons (Fsp3) is 0.455. The number of nitrogens with zero attached hydrogens (tertiary/aromatic N) is 1. The molecule has 1 fully saturated rings. The van der Waals surface area contributed by atoms with Crippen molar-refractivity contribution in [2.24, 2.45) is 5.73 Å². The predicted octanol–water partition coefficient (Wildman–Crippen LogP) is 2.12. The van der Waals surface area contributed by atoms with Gasteiger partial charge < -0.3 is 5.73 Å². The molecule has 1 aromatic carbocycles. The molecule has 0 radical (unpaired) electrons. The summed E-state index contributed by atoms with van der Waals surface area (Å²) >= 11 is 3.10. The Hall–Kier alpha value is -0.210. The molecule has 0 bridgehead atoms. The second-order valence-electron chi connectivity index (χ2n) is 4.22. The summed E-state index contributed by atoms with van der Waals surface area (Å²) in [7, 11) is -3.79. The lowest BCUT2D eigenvalue weighted by Crippen LogP contribution is -2.40. The van der Waals surface area contributed by atoms with Gasteiger partial charge in [-0.05, 0) is 31.0 Å². The van der Waals surface area contributed by atoms with Crippen molar-refractivity contribution in [1.29, 1.82) is 0 Å². The van der Waals surface area contributed by atoms with Crippen LogP contribution in [0.5, 0.6) is 0 Å². The molecule has 1 heterocycles. The van der Waals surface area contributed by atoms with Crippen LogP contribution < -0.4 is 5.73 Å². The smallest absolute Gasteiger partial charge is 0.246 e. The molecule has 1 aliphatic heterocycles. The molecule has 1 atom stereocenters. The first-order valence-electron chi connectivity index (χ1n) is 5.64. The minimum Gasteiger partial charge on any atom is -0.329 e. The van der Waals surface area contributed by atoms with E-state index in [0.717, 1.165) is 18.9 Å². The Labute approximate surface area is 126 Å². The lowest BCUT2D eigenvalue weighted by molar-refractivity contribution is 0.390. The zero-order valence-electron chi connectivity index (χ0n) is 10.1. The maximum atomic E-state index is 13.8. The molecule has 19 heavy (non-hydrogen) atoms. The maximum absolute atomic E-state index is 13.8. The first-order chi connectivity index (χ1) is 8.46. The number of nitrogens with two attached hydrogens (primary N) is 1. The second kappa shape index (κ2) is 6.49. The second-order valence-corrected chi connectivity index (χ2v) is 7.00. The van der Waals surface area contributed by atoms with Crippen molar-refractivity contribution in [3.8, 4) is 0 Å². The summed E-state index contributed by atoms with van der Waals surface area (Å²) < 4.78 is 40.3. The Kier molecular flexibility index (Phi) is 5.76. The summed E-state index contributed by atoms with van der Waals surface area (Å²) in [4.78, 5) is -0.286. The topological polar surface area (TPSA) is 63.4 Å². The number of halogens is 3. The fourth-order valence-corrected chi connectivity index (χ4v) is 4.26. The average molecular weight is 374 g/mol. The molecule has 1 unspecified atom stereocenters. The quantitative estimate of drug-likeness (QED) is 0.883. The van der Waals surface area contributed by atoms with E-state index < -0.39 is 15.8 Å². The minimum atomic E-state index is -3.79. The molecule has 1 aliphatic rings. The molecule has 0 saturated carbocycles. The van der Waals surface area contributed by atoms with Gasteiger partial charge in [-0.1, -0.05) is 15.9 Å². The van der Waals surface area contributed by atoms with Gasteiger partial charge in [-0.3, -0.25) is 0 Å². The fourth-order valence-electron chi connectivity index (χ4n) is 2.17. The third-order valence-corrected chi connectivity index (χ3v) is 5.55. The van der Waals surface area contributed by atoms with Crippen LogP contribution in [0.1, 0.15) is 12.8 Å². The van der Waals surface area contributed by atoms with Crippen LogP contribution in [0.25, 0.3) is 0 Å². The van der Waals surface area contributed by atoms with Crippen LogP contribution in [0, 0.1) is 5.82 Å². The maximum Gasteiger partial charge on any atom is 0.246 e. The van der Waals surface area contributed by atoms with E-state index in [1.807, 2.05) is 0 Å². The molecule has 2 rings (SSSR count). The highest BCUT2D eigenvalue weighted by atomic mass is 79.9. The largest absolute Gasteiger partial charge is 0.329 e. The number of rotatable bonds is 3. The highest BCUT2D eigenvalue weighted by molar-refractivity contribution is 9.10. The van der Waals surface area contributed by atoms with Crippen molar-refractivity contribution in [3.05, 3.63) is 28.5 Å². The number of hydrogen-bond acceptors (Lipinski definition) is 3. The zero-order chi connectivity index (χ0) is 13.3. The van der Waals surface area contributed by atoms with Gasteiger partial charge in [0.15, 0.2) is 0 Å². The number of sulfonamides is 1. The molecule has 2 N–H and O–H groups in total. The van der Waals surface area contributed by atoms with Crippen LogP contribution in [0.2, 0.25) is 0 Å². The van der Waals surface area contributed by atoms with Gasteiger partial charge in [-0.15, -0.1) is 12.4 Å². The monoisotopic (exact) mass is 372 g/mol. The molecule has 4 nitrogen and oxygen atoms in total. The first kappa shape index (κ1) is 16.8. The molecule has 0 spiro atoms. The van der Waals surface area contributed by atoms with Crippen LogP contribution in [0.15, 0.2) is 27.6 Å². The van der Waals surface area contributed by atoms with E-state index in [4.69, 9.17) is 5.73 Å². The molecular weight excluding hydrogens is 359 g/mol. The van der Waals surface area contributed by atoms with Gasteiger partial charge in [0.1, 0.15) is 10.7 Å². The van der Waals surface area contributed by atoms with E-state index >= 15 is 0 Å². The van der Waals surface area contributed by atoms with Crippen LogP contribution in [0.4, 0.5) is 4.39 Å². The van der Waals surface area contributed by atoms with Crippen molar-refractivity contribution >= 4 is 38.4 Å².